The third kappa shape index (κ3) is 2.42. The van der Waals surface area contributed by atoms with Crippen molar-refractivity contribution in [2.75, 3.05) is 14.2 Å². The Labute approximate surface area is 140 Å². The summed E-state index contributed by atoms with van der Waals surface area (Å²) >= 11 is 6.17. The van der Waals surface area contributed by atoms with E-state index in [0.717, 1.165) is 16.6 Å². The molecule has 1 aliphatic heterocycles. The van der Waals surface area contributed by atoms with Gasteiger partial charge in [-0.15, -0.1) is 0 Å². The summed E-state index contributed by atoms with van der Waals surface area (Å²) in [7, 11) is 3.26. The third-order valence-electron chi connectivity index (χ3n) is 5.14. The topological polar surface area (TPSA) is 56.3 Å². The second kappa shape index (κ2) is 5.80. The van der Waals surface area contributed by atoms with E-state index in [0.29, 0.717) is 23.5 Å². The van der Waals surface area contributed by atoms with Gasteiger partial charge in [-0.05, 0) is 36.4 Å². The molecule has 3 unspecified atom stereocenters. The molecule has 2 heterocycles. The molecule has 5 nitrogen and oxygen atoms in total. The van der Waals surface area contributed by atoms with Gasteiger partial charge in [-0.1, -0.05) is 12.8 Å². The van der Waals surface area contributed by atoms with E-state index in [-0.39, 0.29) is 11.3 Å². The Morgan fingerprint density at radius 3 is 2.57 bits per heavy atom. The first-order valence-electron chi connectivity index (χ1n) is 8.06. The quantitative estimate of drug-likeness (QED) is 0.871. The molecule has 3 atom stereocenters. The molecular weight excluding hydrogens is 314 g/mol. The van der Waals surface area contributed by atoms with Crippen molar-refractivity contribution < 1.29 is 9.47 Å². The molecule has 1 aromatic heterocycles. The predicted octanol–water partition coefficient (Wildman–Crippen LogP) is 3.50. The molecule has 2 aliphatic rings. The molecule has 122 valence electrons. The average molecular weight is 334 g/mol. The van der Waals surface area contributed by atoms with Crippen molar-refractivity contribution in [2.45, 2.75) is 37.8 Å². The number of fused-ring (bicyclic) bond motifs is 2. The number of aromatic nitrogens is 2. The normalized spacial score (nSPS) is 26.5. The van der Waals surface area contributed by atoms with E-state index in [1.165, 1.54) is 25.7 Å². The van der Waals surface area contributed by atoms with Gasteiger partial charge in [0, 0.05) is 17.5 Å². The fourth-order valence-corrected chi connectivity index (χ4v) is 4.15. The summed E-state index contributed by atoms with van der Waals surface area (Å²) in [5.74, 6) is 1.98. The van der Waals surface area contributed by atoms with Crippen LogP contribution in [-0.4, -0.2) is 30.2 Å². The molecule has 1 N–H and O–H groups in total. The first-order chi connectivity index (χ1) is 11.2. The molecule has 1 aliphatic carbocycles. The van der Waals surface area contributed by atoms with Crippen LogP contribution in [0.1, 0.15) is 37.4 Å². The Bertz CT molecular complexity index is 752. The number of hydrogen-bond acceptors (Lipinski definition) is 5. The number of hydrogen-bond donors (Lipinski definition) is 1. The van der Waals surface area contributed by atoms with Crippen molar-refractivity contribution >= 4 is 22.5 Å². The highest BCUT2D eigenvalue weighted by Gasteiger charge is 2.43. The largest absolute Gasteiger partial charge is 0.493 e. The van der Waals surface area contributed by atoms with Gasteiger partial charge in [0.15, 0.2) is 11.5 Å². The second-order valence-electron chi connectivity index (χ2n) is 6.30. The van der Waals surface area contributed by atoms with Crippen LogP contribution >= 0.6 is 11.6 Å². The lowest BCUT2D eigenvalue weighted by Gasteiger charge is -2.49. The van der Waals surface area contributed by atoms with E-state index < -0.39 is 0 Å². The van der Waals surface area contributed by atoms with E-state index in [1.807, 2.05) is 12.1 Å². The number of ether oxygens (including phenoxy) is 2. The Morgan fingerprint density at radius 1 is 1.09 bits per heavy atom. The van der Waals surface area contributed by atoms with E-state index in [1.54, 1.807) is 14.2 Å². The summed E-state index contributed by atoms with van der Waals surface area (Å²) in [6.45, 7) is 0. The highest BCUT2D eigenvalue weighted by molar-refractivity contribution is 6.28. The number of benzene rings is 1. The molecule has 0 spiro atoms. The fourth-order valence-electron chi connectivity index (χ4n) is 3.97. The molecule has 2 fully saturated rings. The predicted molar refractivity (Wildman–Crippen MR) is 89.3 cm³/mol. The standard InChI is InChI=1S/C17H20ClN3O2/c1-22-13-7-10-12(8-14(13)23-2)20-17(18)21-16(10)15-9-5-3-4-6-11(9)19-15/h7-9,11,15,19H,3-6H2,1-2H3. The molecule has 4 rings (SSSR count). The van der Waals surface area contributed by atoms with Gasteiger partial charge in [-0.25, -0.2) is 9.97 Å². The molecule has 0 amide bonds. The third-order valence-corrected chi connectivity index (χ3v) is 5.31. The van der Waals surface area contributed by atoms with E-state index >= 15 is 0 Å². The average Bonchev–Trinajstić information content (AvgIpc) is 2.54. The van der Waals surface area contributed by atoms with Crippen LogP contribution in [0.5, 0.6) is 11.5 Å². The molecule has 1 saturated carbocycles. The summed E-state index contributed by atoms with van der Waals surface area (Å²) in [6, 6.07) is 4.69. The van der Waals surface area contributed by atoms with Gasteiger partial charge in [0.2, 0.25) is 5.28 Å². The summed E-state index contributed by atoms with van der Waals surface area (Å²) in [4.78, 5) is 8.90. The molecule has 0 bridgehead atoms. The highest BCUT2D eigenvalue weighted by atomic mass is 35.5. The summed E-state index contributed by atoms with van der Waals surface area (Å²) < 4.78 is 10.8. The molecule has 0 radical (unpaired) electrons. The minimum absolute atomic E-state index is 0.251. The number of halogens is 1. The second-order valence-corrected chi connectivity index (χ2v) is 6.64. The Balaban J connectivity index is 1.82. The highest BCUT2D eigenvalue weighted by Crippen LogP contribution is 2.45. The molecule has 1 aromatic carbocycles. The number of nitrogens with zero attached hydrogens (tertiary/aromatic N) is 2. The van der Waals surface area contributed by atoms with Gasteiger partial charge in [0.1, 0.15) is 0 Å². The summed E-state index contributed by atoms with van der Waals surface area (Å²) in [5, 5.41) is 4.92. The zero-order chi connectivity index (χ0) is 16.0. The van der Waals surface area contributed by atoms with Crippen molar-refractivity contribution in [1.82, 2.24) is 15.3 Å². The van der Waals surface area contributed by atoms with Crippen LogP contribution < -0.4 is 14.8 Å². The lowest BCUT2D eigenvalue weighted by molar-refractivity contribution is 0.0917. The minimum Gasteiger partial charge on any atom is -0.493 e. The molecule has 23 heavy (non-hydrogen) atoms. The maximum absolute atomic E-state index is 6.17. The minimum atomic E-state index is 0.251. The molecule has 1 saturated heterocycles. The molecule has 6 heteroatoms. The lowest BCUT2D eigenvalue weighted by Crippen LogP contribution is -2.56. The van der Waals surface area contributed by atoms with Crippen LogP contribution in [-0.2, 0) is 0 Å². The van der Waals surface area contributed by atoms with Gasteiger partial charge >= 0.3 is 0 Å². The Morgan fingerprint density at radius 2 is 1.83 bits per heavy atom. The maximum atomic E-state index is 6.17. The maximum Gasteiger partial charge on any atom is 0.223 e. The Hall–Kier alpha value is -1.59. The van der Waals surface area contributed by atoms with E-state index in [2.05, 4.69) is 15.3 Å². The first-order valence-corrected chi connectivity index (χ1v) is 8.44. The van der Waals surface area contributed by atoms with Crippen LogP contribution in [0.3, 0.4) is 0 Å². The SMILES string of the molecule is COc1cc2nc(Cl)nc(C3NC4CCCCC43)c2cc1OC. The van der Waals surface area contributed by atoms with Crippen LogP contribution in [0.15, 0.2) is 12.1 Å². The van der Waals surface area contributed by atoms with Crippen LogP contribution in [0.25, 0.3) is 10.9 Å². The first kappa shape index (κ1) is 15.0. The van der Waals surface area contributed by atoms with Crippen molar-refractivity contribution in [2.24, 2.45) is 5.92 Å². The van der Waals surface area contributed by atoms with Crippen LogP contribution in [0.2, 0.25) is 5.28 Å². The molecule has 2 aromatic rings. The molecular formula is C17H20ClN3O2. The lowest BCUT2D eigenvalue weighted by atomic mass is 9.71. The van der Waals surface area contributed by atoms with Crippen LogP contribution in [0.4, 0.5) is 0 Å². The van der Waals surface area contributed by atoms with Crippen molar-refractivity contribution in [3.8, 4) is 11.5 Å². The zero-order valence-corrected chi connectivity index (χ0v) is 14.1. The smallest absolute Gasteiger partial charge is 0.223 e. The monoisotopic (exact) mass is 333 g/mol. The number of methoxy groups -OCH3 is 2. The van der Waals surface area contributed by atoms with Gasteiger partial charge in [-0.2, -0.15) is 0 Å². The van der Waals surface area contributed by atoms with Gasteiger partial charge < -0.3 is 14.8 Å². The zero-order valence-electron chi connectivity index (χ0n) is 13.3. The van der Waals surface area contributed by atoms with Crippen LogP contribution in [0, 0.1) is 5.92 Å². The number of rotatable bonds is 3. The fraction of sp³-hybridized carbons (Fsp3) is 0.529. The summed E-state index contributed by atoms with van der Waals surface area (Å²) in [6.07, 6.45) is 5.12. The van der Waals surface area contributed by atoms with Crippen molar-refractivity contribution in [3.05, 3.63) is 23.1 Å². The van der Waals surface area contributed by atoms with Gasteiger partial charge in [-0.3, -0.25) is 0 Å². The van der Waals surface area contributed by atoms with E-state index in [4.69, 9.17) is 21.1 Å². The number of nitrogens with one attached hydrogen (secondary N) is 1. The van der Waals surface area contributed by atoms with Gasteiger partial charge in [0.05, 0.1) is 31.5 Å². The van der Waals surface area contributed by atoms with E-state index in [9.17, 15) is 0 Å². The van der Waals surface area contributed by atoms with Crippen molar-refractivity contribution in [1.29, 1.82) is 0 Å². The Kier molecular flexibility index (Phi) is 3.77. The van der Waals surface area contributed by atoms with Gasteiger partial charge in [0.25, 0.3) is 0 Å². The summed E-state index contributed by atoms with van der Waals surface area (Å²) in [5.41, 5.74) is 1.77. The van der Waals surface area contributed by atoms with Crippen molar-refractivity contribution in [3.63, 3.8) is 0 Å².